The molecule has 0 saturated carbocycles. The molecule has 0 spiro atoms. The van der Waals surface area contributed by atoms with Crippen LogP contribution in [0.15, 0.2) is 22.4 Å². The van der Waals surface area contributed by atoms with E-state index < -0.39 is 0 Å². The first-order chi connectivity index (χ1) is 6.24. The van der Waals surface area contributed by atoms with Crippen molar-refractivity contribution in [3.05, 3.63) is 23.3 Å². The van der Waals surface area contributed by atoms with Gasteiger partial charge in [0.25, 0.3) is 0 Å². The average molecular weight is 214 g/mol. The minimum absolute atomic E-state index is 0.170. The molecule has 68 valence electrons. The van der Waals surface area contributed by atoms with Gasteiger partial charge in [0.15, 0.2) is 0 Å². The van der Waals surface area contributed by atoms with Gasteiger partial charge in [0.05, 0.1) is 10.1 Å². The molecule has 0 radical (unpaired) electrons. The first-order valence-corrected chi connectivity index (χ1v) is 5.77. The van der Waals surface area contributed by atoms with Crippen molar-refractivity contribution in [2.24, 2.45) is 0 Å². The molecule has 0 aliphatic heterocycles. The molecule has 1 nitrogen and oxygen atoms in total. The molecule has 4 heteroatoms. The Hall–Kier alpha value is -0.740. The number of thioether (sulfide) groups is 1. The van der Waals surface area contributed by atoms with Gasteiger partial charge in [-0.2, -0.15) is 0 Å². The van der Waals surface area contributed by atoms with E-state index in [2.05, 4.69) is 0 Å². The molecule has 0 aliphatic rings. The molecule has 0 bridgehead atoms. The number of fused-ring (bicyclic) bond motifs is 1. The zero-order valence-corrected chi connectivity index (χ0v) is 8.51. The van der Waals surface area contributed by atoms with Crippen LogP contribution >= 0.6 is 23.1 Å². The molecule has 13 heavy (non-hydrogen) atoms. The van der Waals surface area contributed by atoms with Gasteiger partial charge in [-0.3, -0.25) is 0 Å². The quantitative estimate of drug-likeness (QED) is 0.733. The molecule has 1 heterocycles. The van der Waals surface area contributed by atoms with E-state index in [0.29, 0.717) is 10.1 Å². The van der Waals surface area contributed by atoms with E-state index in [4.69, 9.17) is 0 Å². The van der Waals surface area contributed by atoms with Crippen molar-refractivity contribution >= 4 is 33.2 Å². The SMILES string of the molecule is CSc1ccc(F)c2scc(O)c12. The number of thiophene rings is 1. The van der Waals surface area contributed by atoms with Crippen molar-refractivity contribution in [2.75, 3.05) is 6.26 Å². The molecule has 1 aromatic heterocycles. The van der Waals surface area contributed by atoms with Crippen molar-refractivity contribution in [1.82, 2.24) is 0 Å². The van der Waals surface area contributed by atoms with E-state index in [9.17, 15) is 9.50 Å². The van der Waals surface area contributed by atoms with E-state index >= 15 is 0 Å². The fourth-order valence-electron chi connectivity index (χ4n) is 1.24. The van der Waals surface area contributed by atoms with Crippen molar-refractivity contribution in [3.63, 3.8) is 0 Å². The van der Waals surface area contributed by atoms with Crippen LogP contribution in [0.25, 0.3) is 10.1 Å². The van der Waals surface area contributed by atoms with E-state index in [-0.39, 0.29) is 11.6 Å². The van der Waals surface area contributed by atoms with Gasteiger partial charge >= 0.3 is 0 Å². The molecule has 1 aromatic carbocycles. The lowest BCUT2D eigenvalue weighted by Crippen LogP contribution is -1.76. The van der Waals surface area contributed by atoms with Crippen molar-refractivity contribution in [3.8, 4) is 5.75 Å². The topological polar surface area (TPSA) is 20.2 Å². The highest BCUT2D eigenvalue weighted by molar-refractivity contribution is 7.98. The van der Waals surface area contributed by atoms with Gasteiger partial charge in [0.2, 0.25) is 0 Å². The summed E-state index contributed by atoms with van der Waals surface area (Å²) in [4.78, 5) is 0.912. The lowest BCUT2D eigenvalue weighted by molar-refractivity contribution is 0.483. The van der Waals surface area contributed by atoms with Crippen LogP contribution in [0.4, 0.5) is 4.39 Å². The highest BCUT2D eigenvalue weighted by Crippen LogP contribution is 2.38. The molecule has 1 N–H and O–H groups in total. The van der Waals surface area contributed by atoms with Gasteiger partial charge in [-0.05, 0) is 18.4 Å². The summed E-state index contributed by atoms with van der Waals surface area (Å²) < 4.78 is 13.7. The Balaban J connectivity index is 2.88. The number of aromatic hydroxyl groups is 1. The second kappa shape index (κ2) is 3.20. The molecule has 0 amide bonds. The first-order valence-electron chi connectivity index (χ1n) is 3.66. The Kier molecular flexibility index (Phi) is 2.17. The Morgan fingerprint density at radius 3 is 2.92 bits per heavy atom. The van der Waals surface area contributed by atoms with Crippen LogP contribution < -0.4 is 0 Å². The van der Waals surface area contributed by atoms with E-state index in [0.717, 1.165) is 4.90 Å². The number of benzene rings is 1. The standard InChI is InChI=1S/C9H7FOS2/c1-12-7-3-2-5(10)9-8(7)6(11)4-13-9/h2-4,11H,1H3. The van der Waals surface area contributed by atoms with E-state index in [1.54, 1.807) is 11.4 Å². The highest BCUT2D eigenvalue weighted by atomic mass is 32.2. The predicted octanol–water partition coefficient (Wildman–Crippen LogP) is 3.47. The third kappa shape index (κ3) is 1.30. The monoisotopic (exact) mass is 214 g/mol. The number of hydrogen-bond donors (Lipinski definition) is 1. The Labute approximate surface area is 83.2 Å². The lowest BCUT2D eigenvalue weighted by Gasteiger charge is -1.99. The zero-order valence-electron chi connectivity index (χ0n) is 6.87. The zero-order chi connectivity index (χ0) is 9.42. The van der Waals surface area contributed by atoms with Gasteiger partial charge < -0.3 is 5.11 Å². The van der Waals surface area contributed by atoms with Crippen LogP contribution in [0.5, 0.6) is 5.75 Å². The largest absolute Gasteiger partial charge is 0.506 e. The molecule has 2 rings (SSSR count). The Bertz CT molecular complexity index is 450. The van der Waals surface area contributed by atoms with Crippen LogP contribution in [-0.4, -0.2) is 11.4 Å². The van der Waals surface area contributed by atoms with Crippen LogP contribution in [-0.2, 0) is 0 Å². The Morgan fingerprint density at radius 2 is 2.23 bits per heavy atom. The summed E-state index contributed by atoms with van der Waals surface area (Å²) in [6.45, 7) is 0. The van der Waals surface area contributed by atoms with Crippen molar-refractivity contribution in [1.29, 1.82) is 0 Å². The summed E-state index contributed by atoms with van der Waals surface area (Å²) >= 11 is 2.74. The van der Waals surface area contributed by atoms with Crippen molar-refractivity contribution < 1.29 is 9.50 Å². The molecule has 0 atom stereocenters. The third-order valence-corrected chi connectivity index (χ3v) is 3.59. The smallest absolute Gasteiger partial charge is 0.141 e. The molecule has 0 fully saturated rings. The molecule has 0 saturated heterocycles. The van der Waals surface area contributed by atoms with Gasteiger partial charge in [-0.15, -0.1) is 23.1 Å². The van der Waals surface area contributed by atoms with Crippen LogP contribution in [0.3, 0.4) is 0 Å². The summed E-state index contributed by atoms with van der Waals surface area (Å²) in [5, 5.41) is 11.7. The fraction of sp³-hybridized carbons (Fsp3) is 0.111. The molecule has 2 aromatic rings. The van der Waals surface area contributed by atoms with Gasteiger partial charge in [0, 0.05) is 10.3 Å². The van der Waals surface area contributed by atoms with Gasteiger partial charge in [0.1, 0.15) is 11.6 Å². The van der Waals surface area contributed by atoms with Gasteiger partial charge in [-0.25, -0.2) is 4.39 Å². The minimum Gasteiger partial charge on any atom is -0.506 e. The third-order valence-electron chi connectivity index (χ3n) is 1.84. The second-order valence-electron chi connectivity index (χ2n) is 2.57. The fourth-order valence-corrected chi connectivity index (χ4v) is 2.78. The summed E-state index contributed by atoms with van der Waals surface area (Å²) in [6, 6.07) is 3.12. The van der Waals surface area contributed by atoms with Crippen molar-refractivity contribution in [2.45, 2.75) is 4.90 Å². The summed E-state index contributed by atoms with van der Waals surface area (Å²) in [7, 11) is 0. The normalized spacial score (nSPS) is 10.9. The Morgan fingerprint density at radius 1 is 1.46 bits per heavy atom. The second-order valence-corrected chi connectivity index (χ2v) is 4.30. The molecular formula is C9H7FOS2. The van der Waals surface area contributed by atoms with E-state index in [1.165, 1.54) is 29.2 Å². The summed E-state index contributed by atoms with van der Waals surface area (Å²) in [5.41, 5.74) is 0. The van der Waals surface area contributed by atoms with E-state index in [1.807, 2.05) is 6.26 Å². The number of hydrogen-bond acceptors (Lipinski definition) is 3. The maximum absolute atomic E-state index is 13.2. The first kappa shape index (κ1) is 8.84. The predicted molar refractivity (Wildman–Crippen MR) is 55.2 cm³/mol. The van der Waals surface area contributed by atoms with Crippen LogP contribution in [0, 0.1) is 5.82 Å². The lowest BCUT2D eigenvalue weighted by atomic mass is 10.2. The molecule has 0 aliphatic carbocycles. The van der Waals surface area contributed by atoms with Crippen LogP contribution in [0.2, 0.25) is 0 Å². The average Bonchev–Trinajstić information content (AvgIpc) is 2.51. The molecule has 0 unspecified atom stereocenters. The minimum atomic E-state index is -0.266. The van der Waals surface area contributed by atoms with Gasteiger partial charge in [-0.1, -0.05) is 0 Å². The highest BCUT2D eigenvalue weighted by Gasteiger charge is 2.11. The van der Waals surface area contributed by atoms with Crippen LogP contribution in [0.1, 0.15) is 0 Å². The number of rotatable bonds is 1. The summed E-state index contributed by atoms with van der Waals surface area (Å²) in [6.07, 6.45) is 1.91. The summed E-state index contributed by atoms with van der Waals surface area (Å²) in [5.74, 6) is -0.0954. The maximum Gasteiger partial charge on any atom is 0.141 e. The number of halogens is 1. The molecular weight excluding hydrogens is 207 g/mol. The maximum atomic E-state index is 13.2.